The van der Waals surface area contributed by atoms with Crippen LogP contribution in [0, 0.1) is 0 Å². The molecule has 0 bridgehead atoms. The lowest BCUT2D eigenvalue weighted by molar-refractivity contribution is 0.505. The van der Waals surface area contributed by atoms with Gasteiger partial charge in [-0.05, 0) is 230 Å². The van der Waals surface area contributed by atoms with Gasteiger partial charge in [-0.3, -0.25) is 0 Å². The Labute approximate surface area is 603 Å². The van der Waals surface area contributed by atoms with Gasteiger partial charge in [0.05, 0.1) is 0 Å². The molecular weight excluding hydrogens is 1200 g/mol. The van der Waals surface area contributed by atoms with Crippen LogP contribution in [0.4, 0.5) is 0 Å². The zero-order valence-corrected chi connectivity index (χ0v) is 61.3. The van der Waals surface area contributed by atoms with Gasteiger partial charge in [-0.2, -0.15) is 0 Å². The number of unbranched alkanes of at least 4 members (excludes halogenated alkanes) is 12. The molecule has 0 aliphatic carbocycles. The Hall–Kier alpha value is -9.40. The summed E-state index contributed by atoms with van der Waals surface area (Å²) in [6.07, 6.45) is 24.7. The highest BCUT2D eigenvalue weighted by molar-refractivity contribution is 5.85. The van der Waals surface area contributed by atoms with E-state index in [1.54, 1.807) is 0 Å². The Morgan fingerprint density at radius 2 is 0.360 bits per heavy atom. The van der Waals surface area contributed by atoms with Crippen LogP contribution in [-0.2, 0) is 25.7 Å². The first kappa shape index (κ1) is 73.3. The van der Waals surface area contributed by atoms with Crippen LogP contribution in [0.5, 0.6) is 0 Å². The topological polar surface area (TPSA) is 3.24 Å². The van der Waals surface area contributed by atoms with Gasteiger partial charge in [-0.1, -0.05) is 372 Å². The molecule has 0 saturated heterocycles. The first-order valence-corrected chi connectivity index (χ1v) is 38.0. The molecule has 0 fully saturated rings. The normalized spacial score (nSPS) is 11.0. The second-order valence-electron chi connectivity index (χ2n) is 27.9. The van der Waals surface area contributed by atoms with Crippen molar-refractivity contribution in [2.75, 3.05) is 21.1 Å². The van der Waals surface area contributed by atoms with Crippen molar-refractivity contribution in [3.63, 3.8) is 0 Å². The summed E-state index contributed by atoms with van der Waals surface area (Å²) in [5, 5.41) is 0. The molecule has 1 nitrogen and oxygen atoms in total. The number of hydrogen-bond acceptors (Lipinski definition) is 1. The highest BCUT2D eigenvalue weighted by Gasteiger charge is 2.18. The third kappa shape index (κ3) is 21.3. The maximum absolute atomic E-state index is 2.56. The second kappa shape index (κ2) is 39.4. The van der Waals surface area contributed by atoms with E-state index in [4.69, 9.17) is 0 Å². The molecular formula is C99H109N. The molecule has 0 saturated carbocycles. The average molecular weight is 1310 g/mol. The first-order chi connectivity index (χ1) is 49.2. The Kier molecular flexibility index (Phi) is 28.9. The van der Waals surface area contributed by atoms with Crippen molar-refractivity contribution in [2.45, 2.75) is 156 Å². The lowest BCUT2D eigenvalue weighted by atomic mass is 9.86. The zero-order chi connectivity index (χ0) is 69.5. The Morgan fingerprint density at radius 1 is 0.170 bits per heavy atom. The predicted molar refractivity (Wildman–Crippen MR) is 438 cm³/mol. The Morgan fingerprint density at radius 3 is 0.630 bits per heavy atom. The largest absolute Gasteiger partial charge is 0.312 e. The number of nitrogens with zero attached hydrogens (tertiary/aromatic N) is 1. The zero-order valence-electron chi connectivity index (χ0n) is 61.3. The molecule has 12 rings (SSSR count). The summed E-state index contributed by atoms with van der Waals surface area (Å²) in [5.74, 6) is 0. The van der Waals surface area contributed by atoms with E-state index >= 15 is 0 Å². The van der Waals surface area contributed by atoms with Gasteiger partial charge >= 0.3 is 0 Å². The Bertz CT molecular complexity index is 4260. The number of benzene rings is 12. The summed E-state index contributed by atoms with van der Waals surface area (Å²) >= 11 is 0. The maximum Gasteiger partial charge on any atom is -0.0140 e. The quantitative estimate of drug-likeness (QED) is 0.0406. The van der Waals surface area contributed by atoms with E-state index in [0.29, 0.717) is 0 Å². The molecule has 0 aliphatic rings. The van der Waals surface area contributed by atoms with E-state index in [0.717, 1.165) is 25.7 Å². The van der Waals surface area contributed by atoms with Crippen LogP contribution in [-0.4, -0.2) is 26.0 Å². The minimum atomic E-state index is 1.10. The van der Waals surface area contributed by atoms with Crippen LogP contribution in [0.3, 0.4) is 0 Å². The van der Waals surface area contributed by atoms with Crippen molar-refractivity contribution in [3.05, 3.63) is 313 Å². The Balaban J connectivity index is 0.000000211. The van der Waals surface area contributed by atoms with E-state index in [-0.39, 0.29) is 0 Å². The third-order valence-electron chi connectivity index (χ3n) is 19.4. The van der Waals surface area contributed by atoms with Crippen LogP contribution in [0.1, 0.15) is 153 Å². The molecule has 0 N–H and O–H groups in total. The molecule has 0 atom stereocenters. The SMILES string of the molecule is CCCCCCc1cc(-c2ccc(-c3cc(-c4ccccc4)cc(-c4ccccc4)c3)cc2)c(CCCCCC)cc1-c1ccc(-c2ccccc2)cc1.CCCCCCc1cc(-c2cccc(-c3ccccc3)c2)c(CCCCCC)cc1-c1ccc(-c2ccccc2)cc1.CN(C)C. The summed E-state index contributed by atoms with van der Waals surface area (Å²) in [5.41, 5.74) is 31.9. The summed E-state index contributed by atoms with van der Waals surface area (Å²) in [6, 6.07) is 108. The van der Waals surface area contributed by atoms with Crippen molar-refractivity contribution in [1.82, 2.24) is 4.90 Å². The molecule has 0 amide bonds. The van der Waals surface area contributed by atoms with Crippen LogP contribution in [0.25, 0.3) is 111 Å². The number of rotatable bonds is 30. The molecule has 0 heterocycles. The second-order valence-corrected chi connectivity index (χ2v) is 27.9. The summed E-state index contributed by atoms with van der Waals surface area (Å²) < 4.78 is 0. The molecule has 12 aromatic carbocycles. The van der Waals surface area contributed by atoms with E-state index in [1.165, 1.54) is 236 Å². The van der Waals surface area contributed by atoms with Gasteiger partial charge in [0.25, 0.3) is 0 Å². The standard InChI is InChI=1S/C54H54.C42H46.C3H9N/c1-3-5-7-12-26-48-40-54(49(27-13-8-6-4-2)39-53(48)46-32-28-44(29-33-46)41-20-14-9-15-21-41)47-34-30-45(31-35-47)52-37-50(42-22-16-10-17-23-42)36-51(38-52)43-24-18-11-19-25-43;1-3-5-7-11-22-39-32-42(38-25-17-24-37(30-38)34-20-15-10-16-21-34)40(23-12-8-6-4-2)31-41(39)36-28-26-35(27-29-36)33-18-13-9-14-19-33;1-4(2)3/h9-11,14-25,28-40H,3-8,12-13,26-27H2,1-2H3;9-10,13-21,24-32H,3-8,11-12,22-23H2,1-2H3;1-3H3. The molecule has 0 unspecified atom stereocenters. The number of hydrogen-bond donors (Lipinski definition) is 0. The predicted octanol–water partition coefficient (Wildman–Crippen LogP) is 28.7. The van der Waals surface area contributed by atoms with Crippen LogP contribution in [0.2, 0.25) is 0 Å². The summed E-state index contributed by atoms with van der Waals surface area (Å²) in [6.45, 7) is 9.20. The van der Waals surface area contributed by atoms with E-state index < -0.39 is 0 Å². The van der Waals surface area contributed by atoms with Gasteiger partial charge in [0.2, 0.25) is 0 Å². The molecule has 1 heteroatoms. The number of aryl methyl sites for hydroxylation is 4. The van der Waals surface area contributed by atoms with Gasteiger partial charge in [0.1, 0.15) is 0 Å². The maximum atomic E-state index is 2.56. The third-order valence-corrected chi connectivity index (χ3v) is 19.4. The summed E-state index contributed by atoms with van der Waals surface area (Å²) in [4.78, 5) is 2.00. The van der Waals surface area contributed by atoms with Gasteiger partial charge < -0.3 is 4.90 Å². The van der Waals surface area contributed by atoms with Crippen molar-refractivity contribution in [1.29, 1.82) is 0 Å². The molecule has 0 aromatic heterocycles. The molecule has 12 aromatic rings. The minimum Gasteiger partial charge on any atom is -0.312 e. The molecule has 510 valence electrons. The van der Waals surface area contributed by atoms with Gasteiger partial charge in [-0.15, -0.1) is 0 Å². The van der Waals surface area contributed by atoms with E-state index in [1.807, 2.05) is 26.0 Å². The van der Waals surface area contributed by atoms with Crippen LogP contribution < -0.4 is 0 Å². The fraction of sp³-hybridized carbons (Fsp3) is 0.273. The van der Waals surface area contributed by atoms with Crippen LogP contribution >= 0.6 is 0 Å². The smallest absolute Gasteiger partial charge is 0.0140 e. The van der Waals surface area contributed by atoms with Crippen molar-refractivity contribution in [3.8, 4) is 111 Å². The van der Waals surface area contributed by atoms with Crippen molar-refractivity contribution in [2.24, 2.45) is 0 Å². The van der Waals surface area contributed by atoms with Crippen molar-refractivity contribution >= 4 is 0 Å². The van der Waals surface area contributed by atoms with Gasteiger partial charge in [0, 0.05) is 0 Å². The first-order valence-electron chi connectivity index (χ1n) is 38.0. The highest BCUT2D eigenvalue weighted by atomic mass is 15.0. The van der Waals surface area contributed by atoms with E-state index in [2.05, 4.69) is 319 Å². The van der Waals surface area contributed by atoms with Crippen molar-refractivity contribution < 1.29 is 0 Å². The highest BCUT2D eigenvalue weighted by Crippen LogP contribution is 2.41. The fourth-order valence-corrected chi connectivity index (χ4v) is 13.9. The lowest BCUT2D eigenvalue weighted by Crippen LogP contribution is -1.99. The summed E-state index contributed by atoms with van der Waals surface area (Å²) in [7, 11) is 6.00. The van der Waals surface area contributed by atoms with Gasteiger partial charge in [-0.25, -0.2) is 0 Å². The van der Waals surface area contributed by atoms with E-state index in [9.17, 15) is 0 Å². The van der Waals surface area contributed by atoms with Crippen LogP contribution in [0.15, 0.2) is 291 Å². The average Bonchev–Trinajstić information content (AvgIpc) is 0.793. The fourth-order valence-electron chi connectivity index (χ4n) is 13.9. The lowest BCUT2D eigenvalue weighted by Gasteiger charge is -2.19. The molecule has 0 radical (unpaired) electrons. The monoisotopic (exact) mass is 1310 g/mol. The molecule has 0 spiro atoms. The van der Waals surface area contributed by atoms with Gasteiger partial charge in [0.15, 0.2) is 0 Å². The molecule has 0 aliphatic heterocycles. The molecule has 100 heavy (non-hydrogen) atoms. The minimum absolute atomic E-state index is 1.10.